The maximum Gasteiger partial charge on any atom is 0.247 e. The summed E-state index contributed by atoms with van der Waals surface area (Å²) >= 11 is 0. The van der Waals surface area contributed by atoms with Crippen LogP contribution in [0.1, 0.15) is 25.8 Å². The van der Waals surface area contributed by atoms with Crippen LogP contribution >= 0.6 is 0 Å². The Morgan fingerprint density at radius 2 is 2.00 bits per heavy atom. The molecule has 3 aliphatic rings. The molecule has 0 aromatic heterocycles. The van der Waals surface area contributed by atoms with E-state index in [1.807, 2.05) is 38.1 Å². The van der Waals surface area contributed by atoms with Gasteiger partial charge in [0.15, 0.2) is 0 Å². The van der Waals surface area contributed by atoms with Gasteiger partial charge in [-0.05, 0) is 12.0 Å². The third kappa shape index (κ3) is 1.53. The van der Waals surface area contributed by atoms with Gasteiger partial charge in [0, 0.05) is 17.7 Å². The summed E-state index contributed by atoms with van der Waals surface area (Å²) in [7, 11) is 0. The zero-order valence-electron chi connectivity index (χ0n) is 12.5. The van der Waals surface area contributed by atoms with E-state index in [0.717, 1.165) is 11.3 Å². The number of rotatable bonds is 1. The Balaban J connectivity index is 1.78. The van der Waals surface area contributed by atoms with E-state index >= 15 is 0 Å². The molecule has 0 saturated carbocycles. The lowest BCUT2D eigenvalue weighted by Crippen LogP contribution is -2.65. The molecule has 0 aliphatic carbocycles. The van der Waals surface area contributed by atoms with E-state index < -0.39 is 23.9 Å². The van der Waals surface area contributed by atoms with Crippen molar-refractivity contribution in [3.8, 4) is 0 Å². The zero-order valence-corrected chi connectivity index (χ0v) is 12.5. The van der Waals surface area contributed by atoms with E-state index in [1.54, 1.807) is 4.90 Å². The fourth-order valence-corrected chi connectivity index (χ4v) is 3.92. The van der Waals surface area contributed by atoms with Gasteiger partial charge in [-0.3, -0.25) is 9.59 Å². The molecular formula is C16H19N3O3. The van der Waals surface area contributed by atoms with Crippen LogP contribution in [0.25, 0.3) is 0 Å². The van der Waals surface area contributed by atoms with Crippen LogP contribution in [0.2, 0.25) is 0 Å². The molecule has 3 heterocycles. The summed E-state index contributed by atoms with van der Waals surface area (Å²) < 4.78 is 0. The summed E-state index contributed by atoms with van der Waals surface area (Å²) in [4.78, 5) is 26.7. The molecule has 3 N–H and O–H groups in total. The van der Waals surface area contributed by atoms with Gasteiger partial charge in [0.1, 0.15) is 23.9 Å². The lowest BCUT2D eigenvalue weighted by atomic mass is 9.91. The number of hydrogen-bond acceptors (Lipinski definition) is 4. The molecule has 1 aromatic carbocycles. The molecule has 6 heteroatoms. The number of para-hydroxylation sites is 1. The minimum atomic E-state index is -1.21. The molecule has 4 atom stereocenters. The quantitative estimate of drug-likeness (QED) is 0.700. The van der Waals surface area contributed by atoms with Crippen LogP contribution in [0, 0.1) is 5.92 Å². The topological polar surface area (TPSA) is 81.7 Å². The molecule has 2 amide bonds. The van der Waals surface area contributed by atoms with Crippen molar-refractivity contribution in [2.24, 2.45) is 5.92 Å². The summed E-state index contributed by atoms with van der Waals surface area (Å²) in [6.07, 6.45) is -0.348. The fourth-order valence-electron chi connectivity index (χ4n) is 3.92. The number of hydrogen-bond donors (Lipinski definition) is 3. The molecule has 2 saturated heterocycles. The number of anilines is 1. The van der Waals surface area contributed by atoms with Gasteiger partial charge in [0.05, 0.1) is 0 Å². The van der Waals surface area contributed by atoms with Crippen molar-refractivity contribution in [3.05, 3.63) is 29.8 Å². The van der Waals surface area contributed by atoms with Crippen LogP contribution in [0.5, 0.6) is 0 Å². The molecule has 116 valence electrons. The number of benzene rings is 1. The van der Waals surface area contributed by atoms with Gasteiger partial charge in [0.2, 0.25) is 11.8 Å². The summed E-state index contributed by atoms with van der Waals surface area (Å²) in [5.41, 5.74) is 0.379. The number of amides is 2. The largest absolute Gasteiger partial charge is 0.381 e. The molecule has 0 unspecified atom stereocenters. The van der Waals surface area contributed by atoms with E-state index in [9.17, 15) is 14.7 Å². The van der Waals surface area contributed by atoms with E-state index in [2.05, 4.69) is 10.6 Å². The van der Waals surface area contributed by atoms with Gasteiger partial charge in [0.25, 0.3) is 0 Å². The summed E-state index contributed by atoms with van der Waals surface area (Å²) in [5.74, 6) is -0.295. The molecule has 0 bridgehead atoms. The number of aliphatic hydroxyl groups is 1. The Bertz CT molecular complexity index is 674. The first-order chi connectivity index (χ1) is 10.4. The zero-order chi connectivity index (χ0) is 15.6. The van der Waals surface area contributed by atoms with Gasteiger partial charge in [-0.25, -0.2) is 0 Å². The second-order valence-corrected chi connectivity index (χ2v) is 6.71. The van der Waals surface area contributed by atoms with Gasteiger partial charge in [-0.2, -0.15) is 0 Å². The van der Waals surface area contributed by atoms with Crippen LogP contribution < -0.4 is 10.6 Å². The van der Waals surface area contributed by atoms with Crippen LogP contribution in [0.4, 0.5) is 5.69 Å². The van der Waals surface area contributed by atoms with Crippen LogP contribution in [-0.2, 0) is 15.2 Å². The molecular weight excluding hydrogens is 282 g/mol. The highest BCUT2D eigenvalue weighted by Crippen LogP contribution is 2.50. The third-order valence-corrected chi connectivity index (χ3v) is 5.04. The molecule has 22 heavy (non-hydrogen) atoms. The minimum absolute atomic E-state index is 0.00914. The highest BCUT2D eigenvalue weighted by Gasteiger charge is 2.62. The second kappa shape index (κ2) is 4.23. The second-order valence-electron chi connectivity index (χ2n) is 6.71. The Morgan fingerprint density at radius 3 is 2.73 bits per heavy atom. The summed E-state index contributed by atoms with van der Waals surface area (Å²) in [6.45, 7) is 3.81. The van der Waals surface area contributed by atoms with Crippen molar-refractivity contribution in [3.63, 3.8) is 0 Å². The first-order valence-electron chi connectivity index (χ1n) is 7.64. The predicted octanol–water partition coefficient (Wildman–Crippen LogP) is 0.381. The summed E-state index contributed by atoms with van der Waals surface area (Å²) in [5, 5.41) is 17.2. The highest BCUT2D eigenvalue weighted by atomic mass is 16.3. The van der Waals surface area contributed by atoms with Gasteiger partial charge >= 0.3 is 0 Å². The standard InChI is InChI=1S/C16H19N3O3/c1-8(2)12-14(21)19-11(13(20)18-12)7-16(22)9-5-3-4-6-10(9)17-15(16)19/h3-6,8,11-12,15,17,22H,7H2,1-2H3,(H,18,20)/t11-,12-,15-,16+/m0/s1. The SMILES string of the molecule is CC(C)[C@@H]1NC(=O)[C@@H]2C[C@@]3(O)c4ccccc4N[C@H]3N2C1=O. The molecule has 1 aromatic rings. The maximum atomic E-state index is 12.8. The van der Waals surface area contributed by atoms with Gasteiger partial charge in [-0.1, -0.05) is 32.0 Å². The lowest BCUT2D eigenvalue weighted by Gasteiger charge is -2.39. The van der Waals surface area contributed by atoms with E-state index in [-0.39, 0.29) is 24.2 Å². The van der Waals surface area contributed by atoms with Crippen molar-refractivity contribution < 1.29 is 14.7 Å². The van der Waals surface area contributed by atoms with Crippen molar-refractivity contribution in [2.75, 3.05) is 5.32 Å². The molecule has 2 fully saturated rings. The smallest absolute Gasteiger partial charge is 0.247 e. The van der Waals surface area contributed by atoms with Crippen molar-refractivity contribution in [1.82, 2.24) is 10.2 Å². The van der Waals surface area contributed by atoms with E-state index in [0.29, 0.717) is 0 Å². The first-order valence-corrected chi connectivity index (χ1v) is 7.64. The Morgan fingerprint density at radius 1 is 1.27 bits per heavy atom. The van der Waals surface area contributed by atoms with Crippen LogP contribution in [-0.4, -0.2) is 40.1 Å². The van der Waals surface area contributed by atoms with Crippen molar-refractivity contribution >= 4 is 17.5 Å². The first kappa shape index (κ1) is 13.6. The maximum absolute atomic E-state index is 12.8. The average Bonchev–Trinajstić information content (AvgIpc) is 2.92. The van der Waals surface area contributed by atoms with Crippen molar-refractivity contribution in [1.29, 1.82) is 0 Å². The molecule has 4 rings (SSSR count). The molecule has 0 spiro atoms. The van der Waals surface area contributed by atoms with Crippen LogP contribution in [0.15, 0.2) is 24.3 Å². The van der Waals surface area contributed by atoms with Gasteiger partial charge in [-0.15, -0.1) is 0 Å². The van der Waals surface area contributed by atoms with Crippen LogP contribution in [0.3, 0.4) is 0 Å². The number of carbonyl (C=O) groups excluding carboxylic acids is 2. The number of nitrogens with one attached hydrogen (secondary N) is 2. The molecule has 3 aliphatic heterocycles. The monoisotopic (exact) mass is 301 g/mol. The van der Waals surface area contributed by atoms with E-state index in [4.69, 9.17) is 0 Å². The number of fused-ring (bicyclic) bond motifs is 5. The molecule has 0 radical (unpaired) electrons. The summed E-state index contributed by atoms with van der Waals surface area (Å²) in [6, 6.07) is 6.33. The fraction of sp³-hybridized carbons (Fsp3) is 0.500. The normalized spacial score (nSPS) is 35.8. The third-order valence-electron chi connectivity index (χ3n) is 5.04. The molecule has 6 nitrogen and oxygen atoms in total. The Labute approximate surface area is 128 Å². The minimum Gasteiger partial charge on any atom is -0.381 e. The predicted molar refractivity (Wildman–Crippen MR) is 79.8 cm³/mol. The highest BCUT2D eigenvalue weighted by molar-refractivity contribution is 5.98. The van der Waals surface area contributed by atoms with Gasteiger partial charge < -0.3 is 20.6 Å². The number of carbonyl (C=O) groups is 2. The number of nitrogens with zero attached hydrogens (tertiary/aromatic N) is 1. The lowest BCUT2D eigenvalue weighted by molar-refractivity contribution is -0.150. The Kier molecular flexibility index (Phi) is 2.61. The Hall–Kier alpha value is -2.08. The van der Waals surface area contributed by atoms with Crippen molar-refractivity contribution in [2.45, 2.75) is 44.1 Å². The average molecular weight is 301 g/mol. The number of piperazine rings is 1. The van der Waals surface area contributed by atoms with E-state index in [1.165, 1.54) is 0 Å².